The van der Waals surface area contributed by atoms with Crippen LogP contribution >= 0.6 is 0 Å². The van der Waals surface area contributed by atoms with Gasteiger partial charge in [-0.25, -0.2) is 8.78 Å². The van der Waals surface area contributed by atoms with Crippen molar-refractivity contribution in [3.05, 3.63) is 47.3 Å². The van der Waals surface area contributed by atoms with Crippen LogP contribution < -0.4 is 5.73 Å². The molecule has 0 amide bonds. The van der Waals surface area contributed by atoms with Gasteiger partial charge in [-0.05, 0) is 11.6 Å². The Morgan fingerprint density at radius 3 is 2.84 bits per heavy atom. The van der Waals surface area contributed by atoms with Crippen molar-refractivity contribution in [1.82, 2.24) is 15.0 Å². The molecular formula is C12H12F2N4O. The lowest BCUT2D eigenvalue weighted by Crippen LogP contribution is -2.10. The molecule has 2 rings (SSSR count). The van der Waals surface area contributed by atoms with E-state index < -0.39 is 11.6 Å². The fourth-order valence-electron chi connectivity index (χ4n) is 1.60. The molecule has 7 heteroatoms. The Kier molecular flexibility index (Phi) is 3.96. The average Bonchev–Trinajstić information content (AvgIpc) is 2.82. The number of carbonyl (C=O) groups excluding carboxylic acids is 1. The van der Waals surface area contributed by atoms with Crippen molar-refractivity contribution in [2.45, 2.75) is 13.0 Å². The SMILES string of the molecule is NCCn1cc(C(=O)Cc2ccc(F)cc2F)nn1. The van der Waals surface area contributed by atoms with Crippen LogP contribution in [-0.4, -0.2) is 27.3 Å². The monoisotopic (exact) mass is 266 g/mol. The lowest BCUT2D eigenvalue weighted by atomic mass is 10.1. The number of halogens is 2. The van der Waals surface area contributed by atoms with Crippen LogP contribution in [0.1, 0.15) is 16.1 Å². The minimum Gasteiger partial charge on any atom is -0.329 e. The Balaban J connectivity index is 2.11. The van der Waals surface area contributed by atoms with Crippen molar-refractivity contribution < 1.29 is 13.6 Å². The van der Waals surface area contributed by atoms with Crippen LogP contribution in [0, 0.1) is 11.6 Å². The van der Waals surface area contributed by atoms with Crippen molar-refractivity contribution in [2.24, 2.45) is 5.73 Å². The molecule has 2 aromatic rings. The number of nitrogens with two attached hydrogens (primary N) is 1. The predicted molar refractivity (Wildman–Crippen MR) is 63.5 cm³/mol. The summed E-state index contributed by atoms with van der Waals surface area (Å²) in [6, 6.07) is 3.09. The molecule has 1 aromatic heterocycles. The second-order valence-electron chi connectivity index (χ2n) is 3.99. The fourth-order valence-corrected chi connectivity index (χ4v) is 1.60. The quantitative estimate of drug-likeness (QED) is 0.817. The van der Waals surface area contributed by atoms with Gasteiger partial charge in [0.25, 0.3) is 0 Å². The smallest absolute Gasteiger partial charge is 0.189 e. The number of rotatable bonds is 5. The number of aromatic nitrogens is 3. The summed E-state index contributed by atoms with van der Waals surface area (Å²) in [4.78, 5) is 11.9. The lowest BCUT2D eigenvalue weighted by molar-refractivity contribution is 0.0987. The highest BCUT2D eigenvalue weighted by Gasteiger charge is 2.14. The van der Waals surface area contributed by atoms with E-state index in [1.165, 1.54) is 16.9 Å². The zero-order valence-corrected chi connectivity index (χ0v) is 10.0. The van der Waals surface area contributed by atoms with Gasteiger partial charge in [0.05, 0.1) is 12.7 Å². The highest BCUT2D eigenvalue weighted by atomic mass is 19.1. The first kappa shape index (κ1) is 13.3. The van der Waals surface area contributed by atoms with Gasteiger partial charge in [0.15, 0.2) is 5.78 Å². The number of hydrogen-bond acceptors (Lipinski definition) is 4. The number of Topliss-reactive ketones (excluding diaryl/α,β-unsaturated/α-hetero) is 1. The highest BCUT2D eigenvalue weighted by molar-refractivity contribution is 5.95. The van der Waals surface area contributed by atoms with Crippen molar-refractivity contribution in [1.29, 1.82) is 0 Å². The van der Waals surface area contributed by atoms with Crippen LogP contribution in [0.4, 0.5) is 8.78 Å². The van der Waals surface area contributed by atoms with Crippen molar-refractivity contribution in [3.8, 4) is 0 Å². The summed E-state index contributed by atoms with van der Waals surface area (Å²) in [5.74, 6) is -1.81. The molecule has 0 radical (unpaired) electrons. The molecule has 0 unspecified atom stereocenters. The number of benzene rings is 1. The van der Waals surface area contributed by atoms with E-state index in [0.717, 1.165) is 12.1 Å². The molecule has 0 spiro atoms. The second kappa shape index (κ2) is 5.66. The molecule has 0 saturated heterocycles. The van der Waals surface area contributed by atoms with Gasteiger partial charge in [-0.2, -0.15) is 0 Å². The first-order valence-electron chi connectivity index (χ1n) is 5.67. The molecular weight excluding hydrogens is 254 g/mol. The predicted octanol–water partition coefficient (Wildman–Crippen LogP) is 0.940. The third kappa shape index (κ3) is 3.19. The van der Waals surface area contributed by atoms with E-state index >= 15 is 0 Å². The largest absolute Gasteiger partial charge is 0.329 e. The standard InChI is InChI=1S/C12H12F2N4O/c13-9-2-1-8(10(14)6-9)5-12(19)11-7-18(4-3-15)17-16-11/h1-2,6-7H,3-5,15H2. The first-order valence-corrected chi connectivity index (χ1v) is 5.67. The van der Waals surface area contributed by atoms with Crippen LogP contribution in [0.5, 0.6) is 0 Å². The van der Waals surface area contributed by atoms with Crippen LogP contribution in [0.2, 0.25) is 0 Å². The van der Waals surface area contributed by atoms with E-state index in [1.807, 2.05) is 0 Å². The Bertz CT molecular complexity index is 597. The van der Waals surface area contributed by atoms with E-state index in [2.05, 4.69) is 10.3 Å². The molecule has 0 saturated carbocycles. The van der Waals surface area contributed by atoms with Gasteiger partial charge in [0, 0.05) is 19.0 Å². The normalized spacial score (nSPS) is 10.7. The second-order valence-corrected chi connectivity index (χ2v) is 3.99. The summed E-state index contributed by atoms with van der Waals surface area (Å²) < 4.78 is 27.6. The Labute approximate surface area is 108 Å². The fraction of sp³-hybridized carbons (Fsp3) is 0.250. The van der Waals surface area contributed by atoms with Crippen molar-refractivity contribution in [3.63, 3.8) is 0 Å². The van der Waals surface area contributed by atoms with Gasteiger partial charge >= 0.3 is 0 Å². The number of carbonyl (C=O) groups is 1. The molecule has 0 aliphatic carbocycles. The number of hydrogen-bond donors (Lipinski definition) is 1. The molecule has 1 heterocycles. The maximum atomic E-state index is 13.4. The van der Waals surface area contributed by atoms with Crippen molar-refractivity contribution in [2.75, 3.05) is 6.54 Å². The minimum atomic E-state index is -0.747. The maximum Gasteiger partial charge on any atom is 0.189 e. The van der Waals surface area contributed by atoms with Gasteiger partial charge in [0.2, 0.25) is 0 Å². The molecule has 2 N–H and O–H groups in total. The van der Waals surface area contributed by atoms with Gasteiger partial charge in [-0.1, -0.05) is 11.3 Å². The minimum absolute atomic E-state index is 0.125. The van der Waals surface area contributed by atoms with Gasteiger partial charge in [0.1, 0.15) is 17.3 Å². The van der Waals surface area contributed by atoms with E-state index in [4.69, 9.17) is 5.73 Å². The van der Waals surface area contributed by atoms with Gasteiger partial charge in [-0.3, -0.25) is 9.48 Å². The first-order chi connectivity index (χ1) is 9.10. The molecule has 0 aliphatic rings. The molecule has 0 atom stereocenters. The topological polar surface area (TPSA) is 73.8 Å². The van der Waals surface area contributed by atoms with E-state index in [9.17, 15) is 13.6 Å². The Hall–Kier alpha value is -2.15. The summed E-state index contributed by atoms with van der Waals surface area (Å²) in [6.45, 7) is 0.828. The summed E-state index contributed by atoms with van der Waals surface area (Å²) in [5, 5.41) is 7.41. The Morgan fingerprint density at radius 2 is 2.16 bits per heavy atom. The summed E-state index contributed by atoms with van der Waals surface area (Å²) in [6.07, 6.45) is 1.27. The molecule has 5 nitrogen and oxygen atoms in total. The van der Waals surface area contributed by atoms with E-state index in [0.29, 0.717) is 13.1 Å². The zero-order valence-electron chi connectivity index (χ0n) is 10.0. The van der Waals surface area contributed by atoms with Crippen LogP contribution in [0.15, 0.2) is 24.4 Å². The number of ketones is 1. The number of nitrogens with zero attached hydrogens (tertiary/aromatic N) is 3. The van der Waals surface area contributed by atoms with Crippen LogP contribution in [0.25, 0.3) is 0 Å². The highest BCUT2D eigenvalue weighted by Crippen LogP contribution is 2.12. The van der Waals surface area contributed by atoms with Gasteiger partial charge < -0.3 is 5.73 Å². The maximum absolute atomic E-state index is 13.4. The lowest BCUT2D eigenvalue weighted by Gasteiger charge is -2.00. The summed E-state index contributed by atoms with van der Waals surface area (Å²) >= 11 is 0. The molecule has 0 fully saturated rings. The van der Waals surface area contributed by atoms with Crippen LogP contribution in [-0.2, 0) is 13.0 Å². The summed E-state index contributed by atoms with van der Waals surface area (Å²) in [5.41, 5.74) is 5.61. The third-order valence-corrected chi connectivity index (χ3v) is 2.55. The Morgan fingerprint density at radius 1 is 1.37 bits per heavy atom. The van der Waals surface area contributed by atoms with Crippen LogP contribution in [0.3, 0.4) is 0 Å². The summed E-state index contributed by atoms with van der Waals surface area (Å²) in [7, 11) is 0. The van der Waals surface area contributed by atoms with E-state index in [-0.39, 0.29) is 23.5 Å². The zero-order chi connectivity index (χ0) is 13.8. The molecule has 0 aliphatic heterocycles. The third-order valence-electron chi connectivity index (χ3n) is 2.55. The van der Waals surface area contributed by atoms with Gasteiger partial charge in [-0.15, -0.1) is 5.10 Å². The molecule has 19 heavy (non-hydrogen) atoms. The van der Waals surface area contributed by atoms with E-state index in [1.54, 1.807) is 0 Å². The molecule has 1 aromatic carbocycles. The molecule has 0 bridgehead atoms. The average molecular weight is 266 g/mol. The molecule has 100 valence electrons. The van der Waals surface area contributed by atoms with Crippen molar-refractivity contribution >= 4 is 5.78 Å².